The largest absolute Gasteiger partial charge is 0.494 e. The van der Waals surface area contributed by atoms with Crippen LogP contribution in [-0.2, 0) is 6.54 Å². The van der Waals surface area contributed by atoms with E-state index in [1.165, 1.54) is 18.7 Å². The lowest BCUT2D eigenvalue weighted by Gasteiger charge is -2.07. The van der Waals surface area contributed by atoms with Crippen LogP contribution in [0.3, 0.4) is 0 Å². The number of aromatic nitrogens is 2. The molecule has 0 saturated carbocycles. The molecule has 3 nitrogen and oxygen atoms in total. The van der Waals surface area contributed by atoms with E-state index in [1.54, 1.807) is 6.07 Å². The Hall–Kier alpha value is -2.14. The van der Waals surface area contributed by atoms with Gasteiger partial charge in [0.2, 0.25) is 0 Å². The first-order chi connectivity index (χ1) is 10.1. The van der Waals surface area contributed by atoms with Crippen molar-refractivity contribution in [2.45, 2.75) is 13.5 Å². The number of benzene rings is 2. The molecule has 3 rings (SSSR count). The molecule has 0 atom stereocenters. The molecule has 1 heterocycles. The number of nitrogens with zero attached hydrogens (tertiary/aromatic N) is 1. The lowest BCUT2D eigenvalue weighted by atomic mass is 10.1. The Labute approximate surface area is 127 Å². The smallest absolute Gasteiger partial charge is 0.178 e. The van der Waals surface area contributed by atoms with Crippen LogP contribution in [0, 0.1) is 17.5 Å². The fraction of sp³-hybridized carbons (Fsp3) is 0.188. The lowest BCUT2D eigenvalue weighted by Crippen LogP contribution is -2.00. The number of rotatable bonds is 3. The standard InChI is InChI=1S/C16H15FN2OS/c1-10-3-5-11(6-4-10)9-19-14-8-15(20-2)12(17)7-13(14)18-16(19)21/h3-8H,9H2,1-2H3,(H,18,21). The summed E-state index contributed by atoms with van der Waals surface area (Å²) in [5, 5.41) is 0. The zero-order valence-corrected chi connectivity index (χ0v) is 12.6. The maximum absolute atomic E-state index is 13.7. The molecule has 2 aromatic carbocycles. The SMILES string of the molecule is COc1cc2c(cc1F)[nH]c(=S)n2Cc1ccc(C)cc1. The summed E-state index contributed by atoms with van der Waals surface area (Å²) in [6.45, 7) is 2.68. The van der Waals surface area contributed by atoms with E-state index < -0.39 is 5.82 Å². The van der Waals surface area contributed by atoms with Gasteiger partial charge >= 0.3 is 0 Å². The van der Waals surface area contributed by atoms with Gasteiger partial charge in [0, 0.05) is 12.1 Å². The average molecular weight is 302 g/mol. The van der Waals surface area contributed by atoms with Gasteiger partial charge < -0.3 is 14.3 Å². The van der Waals surface area contributed by atoms with Crippen molar-refractivity contribution < 1.29 is 9.13 Å². The van der Waals surface area contributed by atoms with E-state index >= 15 is 0 Å². The van der Waals surface area contributed by atoms with E-state index in [4.69, 9.17) is 17.0 Å². The first-order valence-electron chi connectivity index (χ1n) is 6.60. The molecule has 0 saturated heterocycles. The zero-order valence-electron chi connectivity index (χ0n) is 11.8. The first kappa shape index (κ1) is 13.8. The second-order valence-electron chi connectivity index (χ2n) is 5.01. The third-order valence-electron chi connectivity index (χ3n) is 3.51. The minimum absolute atomic E-state index is 0.217. The van der Waals surface area contributed by atoms with Crippen molar-refractivity contribution in [2.24, 2.45) is 0 Å². The number of H-pyrrole nitrogens is 1. The van der Waals surface area contributed by atoms with Gasteiger partial charge in [0.1, 0.15) is 0 Å². The second-order valence-corrected chi connectivity index (χ2v) is 5.39. The molecule has 1 aromatic heterocycles. The van der Waals surface area contributed by atoms with Crippen molar-refractivity contribution in [1.82, 2.24) is 9.55 Å². The molecule has 0 bridgehead atoms. The Morgan fingerprint density at radius 2 is 1.95 bits per heavy atom. The number of imidazole rings is 1. The summed E-state index contributed by atoms with van der Waals surface area (Å²) in [5.74, 6) is -0.183. The van der Waals surface area contributed by atoms with Gasteiger partial charge in [0.25, 0.3) is 0 Å². The van der Waals surface area contributed by atoms with E-state index in [9.17, 15) is 4.39 Å². The highest BCUT2D eigenvalue weighted by molar-refractivity contribution is 7.71. The molecule has 0 amide bonds. The first-order valence-corrected chi connectivity index (χ1v) is 7.01. The predicted octanol–water partition coefficient (Wildman–Crippen LogP) is 4.20. The number of methoxy groups -OCH3 is 1. The van der Waals surface area contributed by atoms with Crippen LogP contribution < -0.4 is 4.74 Å². The molecule has 5 heteroatoms. The van der Waals surface area contributed by atoms with Gasteiger partial charge in [-0.25, -0.2) is 4.39 Å². The number of ether oxygens (including phenoxy) is 1. The van der Waals surface area contributed by atoms with Crippen LogP contribution in [0.25, 0.3) is 11.0 Å². The van der Waals surface area contributed by atoms with Crippen LogP contribution in [-0.4, -0.2) is 16.7 Å². The van der Waals surface area contributed by atoms with E-state index in [0.717, 1.165) is 11.1 Å². The molecule has 0 fully saturated rings. The van der Waals surface area contributed by atoms with E-state index in [1.807, 2.05) is 4.57 Å². The molecule has 3 aromatic rings. The van der Waals surface area contributed by atoms with Crippen molar-refractivity contribution in [3.8, 4) is 5.75 Å². The van der Waals surface area contributed by atoms with Crippen LogP contribution in [0.5, 0.6) is 5.75 Å². The lowest BCUT2D eigenvalue weighted by molar-refractivity contribution is 0.387. The molecule has 21 heavy (non-hydrogen) atoms. The minimum atomic E-state index is -0.399. The normalized spacial score (nSPS) is 11.0. The van der Waals surface area contributed by atoms with Gasteiger partial charge in [-0.1, -0.05) is 29.8 Å². The quantitative estimate of drug-likeness (QED) is 0.735. The number of hydrogen-bond acceptors (Lipinski definition) is 2. The predicted molar refractivity (Wildman–Crippen MR) is 83.9 cm³/mol. The van der Waals surface area contributed by atoms with E-state index in [0.29, 0.717) is 16.8 Å². The van der Waals surface area contributed by atoms with Gasteiger partial charge in [0.05, 0.1) is 24.7 Å². The second kappa shape index (κ2) is 5.33. The highest BCUT2D eigenvalue weighted by atomic mass is 32.1. The van der Waals surface area contributed by atoms with Crippen molar-refractivity contribution in [2.75, 3.05) is 7.11 Å². The van der Waals surface area contributed by atoms with E-state index in [2.05, 4.69) is 36.2 Å². The fourth-order valence-corrected chi connectivity index (χ4v) is 2.62. The summed E-state index contributed by atoms with van der Waals surface area (Å²) in [5.41, 5.74) is 3.86. The Kier molecular flexibility index (Phi) is 3.51. The zero-order chi connectivity index (χ0) is 15.0. The number of aryl methyl sites for hydroxylation is 1. The Morgan fingerprint density at radius 1 is 1.24 bits per heavy atom. The number of aromatic amines is 1. The molecule has 0 spiro atoms. The van der Waals surface area contributed by atoms with E-state index in [-0.39, 0.29) is 5.75 Å². The number of fused-ring (bicyclic) bond motifs is 1. The van der Waals surface area contributed by atoms with Crippen LogP contribution >= 0.6 is 12.2 Å². The Balaban J connectivity index is 2.11. The molecule has 0 unspecified atom stereocenters. The molecule has 0 aliphatic rings. The molecular formula is C16H15FN2OS. The molecule has 0 aliphatic heterocycles. The molecule has 1 N–H and O–H groups in total. The highest BCUT2D eigenvalue weighted by Gasteiger charge is 2.10. The summed E-state index contributed by atoms with van der Waals surface area (Å²) in [6, 6.07) is 11.3. The third kappa shape index (κ3) is 2.56. The molecular weight excluding hydrogens is 287 g/mol. The van der Waals surface area contributed by atoms with Crippen molar-refractivity contribution in [3.63, 3.8) is 0 Å². The summed E-state index contributed by atoms with van der Waals surface area (Å²) < 4.78 is 21.3. The highest BCUT2D eigenvalue weighted by Crippen LogP contribution is 2.25. The number of nitrogens with one attached hydrogen (secondary N) is 1. The van der Waals surface area contributed by atoms with Crippen LogP contribution in [0.1, 0.15) is 11.1 Å². The van der Waals surface area contributed by atoms with Gasteiger partial charge in [-0.3, -0.25) is 0 Å². The summed E-state index contributed by atoms with van der Waals surface area (Å²) in [6.07, 6.45) is 0. The summed E-state index contributed by atoms with van der Waals surface area (Å²) >= 11 is 5.34. The topological polar surface area (TPSA) is 29.9 Å². The molecule has 0 aliphatic carbocycles. The summed E-state index contributed by atoms with van der Waals surface area (Å²) in [7, 11) is 1.45. The maximum Gasteiger partial charge on any atom is 0.178 e. The Morgan fingerprint density at radius 3 is 2.62 bits per heavy atom. The van der Waals surface area contributed by atoms with Crippen LogP contribution in [0.15, 0.2) is 36.4 Å². The third-order valence-corrected chi connectivity index (χ3v) is 3.83. The number of hydrogen-bond donors (Lipinski definition) is 1. The fourth-order valence-electron chi connectivity index (χ4n) is 2.35. The van der Waals surface area contributed by atoms with Gasteiger partial charge in [-0.05, 0) is 24.7 Å². The molecule has 0 radical (unpaired) electrons. The van der Waals surface area contributed by atoms with Crippen molar-refractivity contribution in [1.29, 1.82) is 0 Å². The van der Waals surface area contributed by atoms with Gasteiger partial charge in [-0.15, -0.1) is 0 Å². The van der Waals surface area contributed by atoms with Crippen molar-refractivity contribution >= 4 is 23.3 Å². The molecule has 108 valence electrons. The maximum atomic E-state index is 13.7. The van der Waals surface area contributed by atoms with Crippen molar-refractivity contribution in [3.05, 3.63) is 58.1 Å². The van der Waals surface area contributed by atoms with Crippen LogP contribution in [0.2, 0.25) is 0 Å². The number of halogens is 1. The minimum Gasteiger partial charge on any atom is -0.494 e. The average Bonchev–Trinajstić information content (AvgIpc) is 2.75. The summed E-state index contributed by atoms with van der Waals surface area (Å²) in [4.78, 5) is 3.03. The van der Waals surface area contributed by atoms with Crippen LogP contribution in [0.4, 0.5) is 4.39 Å². The van der Waals surface area contributed by atoms with Gasteiger partial charge in [0.15, 0.2) is 16.3 Å². The monoisotopic (exact) mass is 302 g/mol. The van der Waals surface area contributed by atoms with Gasteiger partial charge in [-0.2, -0.15) is 0 Å². The Bertz CT molecular complexity index is 849.